The molecule has 234 valence electrons. The molecule has 0 unspecified atom stereocenters. The first-order valence-corrected chi connectivity index (χ1v) is 15.5. The van der Waals surface area contributed by atoms with Gasteiger partial charge in [-0.3, -0.25) is 9.59 Å². The lowest BCUT2D eigenvalue weighted by Crippen LogP contribution is -2.49. The van der Waals surface area contributed by atoms with Crippen molar-refractivity contribution in [3.05, 3.63) is 99.1 Å². The van der Waals surface area contributed by atoms with Gasteiger partial charge in [-0.15, -0.1) is 11.3 Å². The number of hydrogen-bond acceptors (Lipinski definition) is 6. The Morgan fingerprint density at radius 3 is 2.20 bits per heavy atom. The maximum atomic E-state index is 13.7. The molecule has 1 aromatic heterocycles. The molecule has 0 spiro atoms. The van der Waals surface area contributed by atoms with E-state index >= 15 is 0 Å². The summed E-state index contributed by atoms with van der Waals surface area (Å²) in [5, 5.41) is 10.7. The number of carbonyl (C=O) groups is 2. The average molecular weight is 661 g/mol. The van der Waals surface area contributed by atoms with E-state index < -0.39 is 0 Å². The van der Waals surface area contributed by atoms with Gasteiger partial charge in [-0.25, -0.2) is 4.39 Å². The number of thiophene rings is 1. The van der Waals surface area contributed by atoms with Crippen LogP contribution in [-0.4, -0.2) is 54.2 Å². The maximum Gasteiger partial charge on any atom is 0.267 e. The Morgan fingerprint density at radius 2 is 1.66 bits per heavy atom. The molecule has 0 radical (unpaired) electrons. The van der Waals surface area contributed by atoms with E-state index in [0.717, 1.165) is 40.0 Å². The van der Waals surface area contributed by atoms with Crippen LogP contribution in [0.15, 0.2) is 72.8 Å². The Labute approximate surface area is 271 Å². The van der Waals surface area contributed by atoms with E-state index in [1.165, 1.54) is 23.5 Å². The molecule has 4 aromatic rings. The minimum Gasteiger partial charge on any atom is -0.489 e. The molecule has 1 aliphatic rings. The molecule has 3 aromatic carbocycles. The highest BCUT2D eigenvalue weighted by molar-refractivity contribution is 7.18. The Bertz CT molecular complexity index is 1500. The number of halogens is 3. The molecule has 44 heavy (non-hydrogen) atoms. The summed E-state index contributed by atoms with van der Waals surface area (Å²) >= 11 is 14.1. The number of primary amides is 1. The molecule has 1 aliphatic heterocycles. The van der Waals surface area contributed by atoms with Crippen molar-refractivity contribution in [3.8, 4) is 27.3 Å². The van der Waals surface area contributed by atoms with Crippen LogP contribution >= 0.6 is 34.5 Å². The molecule has 2 amide bonds. The lowest BCUT2D eigenvalue weighted by molar-refractivity contribution is -0.106. The predicted octanol–water partition coefficient (Wildman–Crippen LogP) is 6.95. The first-order chi connectivity index (χ1) is 21.0. The van der Waals surface area contributed by atoms with Crippen molar-refractivity contribution in [2.24, 2.45) is 11.5 Å². The van der Waals surface area contributed by atoms with Gasteiger partial charge in [-0.05, 0) is 62.6 Å². The fourth-order valence-corrected chi connectivity index (χ4v) is 6.14. The van der Waals surface area contributed by atoms with Crippen LogP contribution in [0.5, 0.6) is 5.75 Å². The van der Waals surface area contributed by atoms with E-state index in [1.807, 2.05) is 55.1 Å². The summed E-state index contributed by atoms with van der Waals surface area (Å²) in [6, 6.07) is 21.3. The Hall–Kier alpha value is -3.47. The Balaban J connectivity index is 0.000000408. The fraction of sp³-hybridized carbons (Fsp3) is 0.273. The van der Waals surface area contributed by atoms with Crippen LogP contribution in [0, 0.1) is 12.7 Å². The first-order valence-electron chi connectivity index (χ1n) is 13.9. The number of nitrogens with zero attached hydrogens (tertiary/aromatic N) is 1. The summed E-state index contributed by atoms with van der Waals surface area (Å²) in [5.41, 5.74) is 13.7. The van der Waals surface area contributed by atoms with E-state index in [1.54, 1.807) is 24.3 Å². The van der Waals surface area contributed by atoms with Gasteiger partial charge in [0.05, 0.1) is 6.61 Å². The van der Waals surface area contributed by atoms with E-state index in [-0.39, 0.29) is 36.9 Å². The van der Waals surface area contributed by atoms with Crippen LogP contribution in [0.25, 0.3) is 21.6 Å². The highest BCUT2D eigenvalue weighted by Crippen LogP contribution is 2.50. The number of nitrogens with two attached hydrogens (primary N) is 2. The number of carbonyl (C=O) groups excluding carboxylic acids is 2. The van der Waals surface area contributed by atoms with E-state index in [0.29, 0.717) is 33.8 Å². The lowest BCUT2D eigenvalue weighted by atomic mass is 9.91. The van der Waals surface area contributed by atoms with Crippen molar-refractivity contribution in [3.63, 3.8) is 0 Å². The largest absolute Gasteiger partial charge is 0.489 e. The fourth-order valence-electron chi connectivity index (χ4n) is 4.45. The molecule has 1 fully saturated rings. The second kappa shape index (κ2) is 16.6. The number of aliphatic hydroxyl groups excluding tert-OH is 1. The molecular weight excluding hydrogens is 624 g/mol. The molecular formula is C33H36Cl2FN3O4S. The van der Waals surface area contributed by atoms with Gasteiger partial charge in [0.15, 0.2) is 5.75 Å². The normalized spacial score (nSPS) is 13.6. The molecule has 0 bridgehead atoms. The summed E-state index contributed by atoms with van der Waals surface area (Å²) in [7, 11) is 0. The molecule has 2 heterocycles. The van der Waals surface area contributed by atoms with Crippen molar-refractivity contribution in [2.45, 2.75) is 32.2 Å². The summed E-state index contributed by atoms with van der Waals surface area (Å²) in [6.07, 6.45) is 1.72. The summed E-state index contributed by atoms with van der Waals surface area (Å²) < 4.78 is 18.1. The monoisotopic (exact) mass is 659 g/mol. The van der Waals surface area contributed by atoms with Crippen LogP contribution in [0.4, 0.5) is 4.39 Å². The van der Waals surface area contributed by atoms with Gasteiger partial charge in [-0.1, -0.05) is 71.2 Å². The number of likely N-dealkylation sites (tertiary alicyclic amines) is 1. The molecule has 5 rings (SSSR count). The number of aryl methyl sites for hydroxylation is 1. The summed E-state index contributed by atoms with van der Waals surface area (Å²) in [4.78, 5) is 25.4. The topological polar surface area (TPSA) is 119 Å². The average Bonchev–Trinajstić information content (AvgIpc) is 3.37. The van der Waals surface area contributed by atoms with Gasteiger partial charge in [-0.2, -0.15) is 0 Å². The molecule has 5 N–H and O–H groups in total. The summed E-state index contributed by atoms with van der Waals surface area (Å²) in [6.45, 7) is 5.02. The number of piperidine rings is 1. The first kappa shape index (κ1) is 35.0. The Morgan fingerprint density at radius 1 is 1.07 bits per heavy atom. The van der Waals surface area contributed by atoms with Crippen LogP contribution in [0.2, 0.25) is 10.0 Å². The van der Waals surface area contributed by atoms with Crippen molar-refractivity contribution in [1.29, 1.82) is 0 Å². The van der Waals surface area contributed by atoms with E-state index in [9.17, 15) is 14.3 Å². The number of aliphatic hydroxyl groups is 1. The maximum absolute atomic E-state index is 13.7. The van der Waals surface area contributed by atoms with Crippen LogP contribution in [0.1, 0.15) is 35.0 Å². The van der Waals surface area contributed by atoms with E-state index in [4.69, 9.17) is 38.5 Å². The zero-order valence-corrected chi connectivity index (χ0v) is 26.9. The zero-order valence-electron chi connectivity index (χ0n) is 24.6. The molecule has 0 atom stereocenters. The SMILES string of the molecule is CC1(N)CCN(C(=O)c2sc(-c3ccccc3Cl)c(-c3ccc(Cl)cc3)c2OCCO)CC1.Cc1ccc(F)cc1.NC=O. The molecule has 7 nitrogen and oxygen atoms in total. The van der Waals surface area contributed by atoms with Gasteiger partial charge in [0.1, 0.15) is 17.3 Å². The third-order valence-corrected chi connectivity index (χ3v) is 8.63. The smallest absolute Gasteiger partial charge is 0.267 e. The number of amides is 2. The number of hydrogen-bond donors (Lipinski definition) is 3. The van der Waals surface area contributed by atoms with Crippen molar-refractivity contribution in [1.82, 2.24) is 4.90 Å². The quantitative estimate of drug-likeness (QED) is 0.194. The predicted molar refractivity (Wildman–Crippen MR) is 177 cm³/mol. The zero-order chi connectivity index (χ0) is 32.3. The highest BCUT2D eigenvalue weighted by Gasteiger charge is 2.33. The van der Waals surface area contributed by atoms with Crippen molar-refractivity contribution >= 4 is 46.9 Å². The molecule has 11 heteroatoms. The van der Waals surface area contributed by atoms with Crippen molar-refractivity contribution in [2.75, 3.05) is 26.3 Å². The van der Waals surface area contributed by atoms with Gasteiger partial charge >= 0.3 is 0 Å². The lowest BCUT2D eigenvalue weighted by Gasteiger charge is -2.36. The molecule has 0 saturated carbocycles. The second-order valence-electron chi connectivity index (χ2n) is 10.4. The van der Waals surface area contributed by atoms with Gasteiger partial charge < -0.3 is 26.2 Å². The Kier molecular flexibility index (Phi) is 13.2. The third-order valence-electron chi connectivity index (χ3n) is 6.85. The van der Waals surface area contributed by atoms with Gasteiger partial charge in [0, 0.05) is 44.7 Å². The van der Waals surface area contributed by atoms with Gasteiger partial charge in [0.2, 0.25) is 6.41 Å². The van der Waals surface area contributed by atoms with Crippen LogP contribution < -0.4 is 16.2 Å². The minimum atomic E-state index is -0.264. The van der Waals surface area contributed by atoms with Crippen molar-refractivity contribution < 1.29 is 23.8 Å². The second-order valence-corrected chi connectivity index (χ2v) is 12.3. The van der Waals surface area contributed by atoms with Gasteiger partial charge in [0.25, 0.3) is 5.91 Å². The van der Waals surface area contributed by atoms with Crippen LogP contribution in [-0.2, 0) is 4.79 Å². The summed E-state index contributed by atoms with van der Waals surface area (Å²) in [5.74, 6) is 0.185. The molecule has 1 saturated heterocycles. The molecule has 0 aliphatic carbocycles. The van der Waals surface area contributed by atoms with E-state index in [2.05, 4.69) is 5.73 Å². The number of benzene rings is 3. The standard InChI is InChI=1S/C25H26Cl2N2O3S.C7H7F.CH3NO/c1-25(28)10-12-29(13-11-25)24(31)23-21(32-15-14-30)20(16-6-8-17(26)9-7-16)22(33-23)18-4-2-3-5-19(18)27;1-6-2-4-7(8)5-3-6;2-1-3/h2-9,30H,10-15,28H2,1H3;2-5H,1H3;1H,(H2,2,3). The third kappa shape index (κ3) is 9.51. The number of rotatable bonds is 6. The minimum absolute atomic E-state index is 0.0699. The highest BCUT2D eigenvalue weighted by atomic mass is 35.5. The van der Waals surface area contributed by atoms with Crippen LogP contribution in [0.3, 0.4) is 0 Å². The number of ether oxygens (including phenoxy) is 1.